The van der Waals surface area contributed by atoms with Crippen molar-refractivity contribution in [2.75, 3.05) is 6.54 Å². The largest absolute Gasteiger partial charge is 0.388 e. The third kappa shape index (κ3) is 5.87. The van der Waals surface area contributed by atoms with Crippen LogP contribution >= 0.6 is 0 Å². The Kier molecular flexibility index (Phi) is 6.53. The number of hydrogen-bond donors (Lipinski definition) is 3. The van der Waals surface area contributed by atoms with E-state index in [9.17, 15) is 9.90 Å². The second kappa shape index (κ2) is 8.62. The quantitative estimate of drug-likeness (QED) is 0.724. The highest BCUT2D eigenvalue weighted by molar-refractivity contribution is 5.74. The number of urea groups is 1. The molecule has 0 aliphatic rings. The molecular weight excluding hydrogens is 314 g/mol. The van der Waals surface area contributed by atoms with Gasteiger partial charge in [-0.1, -0.05) is 44.2 Å². The van der Waals surface area contributed by atoms with E-state index in [1.165, 1.54) is 0 Å². The molecule has 3 N–H and O–H groups in total. The van der Waals surface area contributed by atoms with Crippen LogP contribution in [0.15, 0.2) is 54.9 Å². The van der Waals surface area contributed by atoms with Gasteiger partial charge in [-0.2, -0.15) is 0 Å². The van der Waals surface area contributed by atoms with Gasteiger partial charge < -0.3 is 15.7 Å². The van der Waals surface area contributed by atoms with Gasteiger partial charge in [0.05, 0.1) is 6.10 Å². The summed E-state index contributed by atoms with van der Waals surface area (Å²) in [6, 6.07) is 13.0. The third-order valence-electron chi connectivity index (χ3n) is 4.29. The molecule has 0 saturated carbocycles. The standard InChI is InChI=1S/C20H27N3O2/c1-15(13-18(24)16-7-5-4-6-8-16)23-19(25)22-14-20(2,3)17-9-11-21-12-10-17/h4-12,15,18,24H,13-14H2,1-3H3,(H2,22,23,25). The highest BCUT2D eigenvalue weighted by atomic mass is 16.3. The second-order valence-electron chi connectivity index (χ2n) is 7.01. The van der Waals surface area contributed by atoms with Gasteiger partial charge in [0.2, 0.25) is 0 Å². The van der Waals surface area contributed by atoms with Crippen molar-refractivity contribution in [2.45, 2.75) is 44.8 Å². The predicted molar refractivity (Wildman–Crippen MR) is 99.3 cm³/mol. The first-order valence-corrected chi connectivity index (χ1v) is 8.56. The first-order chi connectivity index (χ1) is 11.9. The Hall–Kier alpha value is -2.40. The maximum Gasteiger partial charge on any atom is 0.315 e. The summed E-state index contributed by atoms with van der Waals surface area (Å²) < 4.78 is 0. The molecule has 1 aromatic heterocycles. The van der Waals surface area contributed by atoms with Crippen LogP contribution < -0.4 is 10.6 Å². The van der Waals surface area contributed by atoms with Crippen molar-refractivity contribution in [3.63, 3.8) is 0 Å². The molecule has 5 heteroatoms. The van der Waals surface area contributed by atoms with E-state index in [0.717, 1.165) is 11.1 Å². The predicted octanol–water partition coefficient (Wildman–Crippen LogP) is 3.17. The molecule has 0 fully saturated rings. The number of hydrogen-bond acceptors (Lipinski definition) is 3. The number of aromatic nitrogens is 1. The molecular formula is C20H27N3O2. The molecule has 0 aliphatic heterocycles. The van der Waals surface area contributed by atoms with E-state index in [1.54, 1.807) is 12.4 Å². The van der Waals surface area contributed by atoms with Crippen molar-refractivity contribution in [3.05, 3.63) is 66.0 Å². The van der Waals surface area contributed by atoms with Crippen LogP contribution in [0.4, 0.5) is 4.79 Å². The molecule has 134 valence electrons. The van der Waals surface area contributed by atoms with Gasteiger partial charge in [-0.25, -0.2) is 4.79 Å². The van der Waals surface area contributed by atoms with Crippen molar-refractivity contribution in [1.29, 1.82) is 0 Å². The van der Waals surface area contributed by atoms with Crippen molar-refractivity contribution in [1.82, 2.24) is 15.6 Å². The molecule has 2 rings (SSSR count). The van der Waals surface area contributed by atoms with E-state index in [2.05, 4.69) is 29.5 Å². The Bertz CT molecular complexity index is 659. The Morgan fingerprint density at radius 2 is 1.80 bits per heavy atom. The van der Waals surface area contributed by atoms with Crippen LogP contribution in [-0.4, -0.2) is 28.7 Å². The van der Waals surface area contributed by atoms with Crippen molar-refractivity contribution >= 4 is 6.03 Å². The minimum absolute atomic E-state index is 0.140. The van der Waals surface area contributed by atoms with E-state index in [4.69, 9.17) is 0 Å². The van der Waals surface area contributed by atoms with Gasteiger partial charge in [-0.15, -0.1) is 0 Å². The first-order valence-electron chi connectivity index (χ1n) is 8.56. The van der Waals surface area contributed by atoms with Gasteiger partial charge in [0.15, 0.2) is 0 Å². The summed E-state index contributed by atoms with van der Waals surface area (Å²) in [4.78, 5) is 16.2. The normalized spacial score (nSPS) is 13.8. The zero-order chi connectivity index (χ0) is 18.3. The van der Waals surface area contributed by atoms with Gasteiger partial charge in [-0.05, 0) is 36.6 Å². The van der Waals surface area contributed by atoms with Crippen molar-refractivity contribution in [3.8, 4) is 0 Å². The zero-order valence-electron chi connectivity index (χ0n) is 15.1. The maximum atomic E-state index is 12.1. The molecule has 0 spiro atoms. The van der Waals surface area contributed by atoms with Crippen LogP contribution in [-0.2, 0) is 5.41 Å². The fourth-order valence-corrected chi connectivity index (χ4v) is 2.69. The van der Waals surface area contributed by atoms with Gasteiger partial charge >= 0.3 is 6.03 Å². The number of amides is 2. The van der Waals surface area contributed by atoms with E-state index < -0.39 is 6.10 Å². The maximum absolute atomic E-state index is 12.1. The molecule has 25 heavy (non-hydrogen) atoms. The van der Waals surface area contributed by atoms with Crippen LogP contribution in [0.2, 0.25) is 0 Å². The summed E-state index contributed by atoms with van der Waals surface area (Å²) >= 11 is 0. The van der Waals surface area contributed by atoms with Gasteiger partial charge in [0.25, 0.3) is 0 Å². The number of pyridine rings is 1. The Morgan fingerprint density at radius 3 is 2.44 bits per heavy atom. The summed E-state index contributed by atoms with van der Waals surface area (Å²) in [6.07, 6.45) is 3.38. The molecule has 0 bridgehead atoms. The molecule has 0 aliphatic carbocycles. The molecule has 2 atom stereocenters. The topological polar surface area (TPSA) is 74.2 Å². The zero-order valence-corrected chi connectivity index (χ0v) is 15.1. The number of benzene rings is 1. The SMILES string of the molecule is CC(CC(O)c1ccccc1)NC(=O)NCC(C)(C)c1ccncc1. The molecule has 0 saturated heterocycles. The van der Waals surface area contributed by atoms with Crippen LogP contribution in [0.3, 0.4) is 0 Å². The van der Waals surface area contributed by atoms with Crippen LogP contribution in [0.5, 0.6) is 0 Å². The fourth-order valence-electron chi connectivity index (χ4n) is 2.69. The Labute approximate surface area is 149 Å². The third-order valence-corrected chi connectivity index (χ3v) is 4.29. The number of aliphatic hydroxyl groups is 1. The molecule has 2 aromatic rings. The summed E-state index contributed by atoms with van der Waals surface area (Å²) in [5, 5.41) is 16.0. The monoisotopic (exact) mass is 341 g/mol. The molecule has 2 amide bonds. The molecule has 2 unspecified atom stereocenters. The van der Waals surface area contributed by atoms with Crippen molar-refractivity contribution < 1.29 is 9.90 Å². The Balaban J connectivity index is 1.79. The lowest BCUT2D eigenvalue weighted by Crippen LogP contribution is -2.45. The molecule has 0 radical (unpaired) electrons. The number of nitrogens with one attached hydrogen (secondary N) is 2. The minimum Gasteiger partial charge on any atom is -0.388 e. The van der Waals surface area contributed by atoms with Crippen LogP contribution in [0, 0.1) is 0 Å². The number of rotatable bonds is 7. The molecule has 1 aromatic carbocycles. The number of carbonyl (C=O) groups excluding carboxylic acids is 1. The summed E-state index contributed by atoms with van der Waals surface area (Å²) in [5.41, 5.74) is 1.79. The van der Waals surface area contributed by atoms with Gasteiger partial charge in [-0.3, -0.25) is 4.98 Å². The molecule has 1 heterocycles. The minimum atomic E-state index is -0.593. The fraction of sp³-hybridized carbons (Fsp3) is 0.400. The smallest absolute Gasteiger partial charge is 0.315 e. The van der Waals surface area contributed by atoms with Crippen molar-refractivity contribution in [2.24, 2.45) is 0 Å². The number of carbonyl (C=O) groups is 1. The Morgan fingerprint density at radius 1 is 1.16 bits per heavy atom. The van der Waals surface area contributed by atoms with E-state index in [1.807, 2.05) is 49.4 Å². The average molecular weight is 341 g/mol. The highest BCUT2D eigenvalue weighted by Gasteiger charge is 2.22. The van der Waals surface area contributed by atoms with Crippen LogP contribution in [0.1, 0.15) is 44.4 Å². The van der Waals surface area contributed by atoms with E-state index >= 15 is 0 Å². The molecule has 5 nitrogen and oxygen atoms in total. The lowest BCUT2D eigenvalue weighted by Gasteiger charge is -2.26. The second-order valence-corrected chi connectivity index (χ2v) is 7.01. The number of nitrogens with zero attached hydrogens (tertiary/aromatic N) is 1. The summed E-state index contributed by atoms with van der Waals surface area (Å²) in [6.45, 7) is 6.55. The number of aliphatic hydroxyl groups excluding tert-OH is 1. The van der Waals surface area contributed by atoms with Gasteiger partial charge in [0, 0.05) is 30.4 Å². The summed E-state index contributed by atoms with van der Waals surface area (Å²) in [5.74, 6) is 0. The van der Waals surface area contributed by atoms with E-state index in [-0.39, 0.29) is 17.5 Å². The highest BCUT2D eigenvalue weighted by Crippen LogP contribution is 2.21. The summed E-state index contributed by atoms with van der Waals surface area (Å²) in [7, 11) is 0. The van der Waals surface area contributed by atoms with Gasteiger partial charge in [0.1, 0.15) is 0 Å². The van der Waals surface area contributed by atoms with E-state index in [0.29, 0.717) is 13.0 Å². The average Bonchev–Trinajstić information content (AvgIpc) is 2.61. The van der Waals surface area contributed by atoms with Crippen LogP contribution in [0.25, 0.3) is 0 Å². The lowest BCUT2D eigenvalue weighted by atomic mass is 9.85. The first kappa shape index (κ1) is 18.9. The lowest BCUT2D eigenvalue weighted by molar-refractivity contribution is 0.154.